The van der Waals surface area contributed by atoms with Crippen LogP contribution in [0.15, 0.2) is 34.8 Å². The number of halogens is 2. The Morgan fingerprint density at radius 1 is 1.16 bits per heavy atom. The zero-order valence-electron chi connectivity index (χ0n) is 10.8. The van der Waals surface area contributed by atoms with Gasteiger partial charge in [0.05, 0.1) is 0 Å². The van der Waals surface area contributed by atoms with Gasteiger partial charge in [0.15, 0.2) is 0 Å². The van der Waals surface area contributed by atoms with Crippen LogP contribution in [0.25, 0.3) is 0 Å². The molecule has 2 N–H and O–H groups in total. The number of nitrogens with one attached hydrogen (secondary N) is 1. The van der Waals surface area contributed by atoms with Crippen molar-refractivity contribution < 1.29 is 5.11 Å². The number of hydrogen-bond acceptors (Lipinski definition) is 2. The molecule has 0 amide bonds. The van der Waals surface area contributed by atoms with Crippen molar-refractivity contribution in [1.29, 1.82) is 0 Å². The second-order valence-electron chi connectivity index (χ2n) is 4.54. The molecule has 0 saturated carbocycles. The van der Waals surface area contributed by atoms with Crippen LogP contribution in [0.2, 0.25) is 5.02 Å². The van der Waals surface area contributed by atoms with Crippen LogP contribution in [0.4, 0.5) is 5.69 Å². The van der Waals surface area contributed by atoms with E-state index in [0.29, 0.717) is 12.3 Å². The van der Waals surface area contributed by atoms with Crippen molar-refractivity contribution in [2.24, 2.45) is 0 Å². The lowest BCUT2D eigenvalue weighted by Crippen LogP contribution is -2.02. The molecule has 4 heteroatoms. The van der Waals surface area contributed by atoms with E-state index in [1.807, 2.05) is 38.1 Å². The normalized spacial score (nSPS) is 10.5. The summed E-state index contributed by atoms with van der Waals surface area (Å²) < 4.78 is 0.970. The van der Waals surface area contributed by atoms with E-state index in [0.717, 1.165) is 31.9 Å². The first kappa shape index (κ1) is 14.2. The van der Waals surface area contributed by atoms with E-state index in [1.165, 1.54) is 0 Å². The molecule has 0 unspecified atom stereocenters. The van der Waals surface area contributed by atoms with Gasteiger partial charge in [-0.3, -0.25) is 0 Å². The van der Waals surface area contributed by atoms with Gasteiger partial charge in [-0.05, 0) is 54.8 Å². The molecule has 0 aliphatic heterocycles. The first-order valence-corrected chi connectivity index (χ1v) is 7.12. The average Bonchev–Trinajstić information content (AvgIpc) is 2.34. The molecule has 100 valence electrons. The summed E-state index contributed by atoms with van der Waals surface area (Å²) in [7, 11) is 0. The van der Waals surface area contributed by atoms with E-state index in [1.54, 1.807) is 6.07 Å². The Morgan fingerprint density at radius 2 is 1.89 bits per heavy atom. The topological polar surface area (TPSA) is 32.3 Å². The summed E-state index contributed by atoms with van der Waals surface area (Å²) >= 11 is 9.57. The number of aromatic hydroxyl groups is 1. The predicted octanol–water partition coefficient (Wildman–Crippen LogP) is 5.04. The lowest BCUT2D eigenvalue weighted by atomic mass is 10.1. The van der Waals surface area contributed by atoms with Crippen molar-refractivity contribution in [1.82, 2.24) is 0 Å². The molecule has 0 radical (unpaired) electrons. The van der Waals surface area contributed by atoms with Crippen molar-refractivity contribution in [2.45, 2.75) is 20.4 Å². The van der Waals surface area contributed by atoms with E-state index < -0.39 is 0 Å². The maximum absolute atomic E-state index is 9.63. The minimum atomic E-state index is 0.324. The Balaban J connectivity index is 2.16. The molecular formula is C15H15BrClNO. The Morgan fingerprint density at radius 3 is 2.58 bits per heavy atom. The smallest absolute Gasteiger partial charge is 0.118 e. The molecular weight excluding hydrogens is 326 g/mol. The molecule has 0 fully saturated rings. The highest BCUT2D eigenvalue weighted by atomic mass is 79.9. The number of aryl methyl sites for hydroxylation is 2. The van der Waals surface area contributed by atoms with Crippen molar-refractivity contribution in [2.75, 3.05) is 5.32 Å². The molecule has 0 saturated heterocycles. The first-order valence-electron chi connectivity index (χ1n) is 5.95. The van der Waals surface area contributed by atoms with Gasteiger partial charge in [-0.1, -0.05) is 33.6 Å². The van der Waals surface area contributed by atoms with Gasteiger partial charge in [0.2, 0.25) is 0 Å². The molecule has 2 aromatic carbocycles. The Hall–Kier alpha value is -1.19. The van der Waals surface area contributed by atoms with Crippen molar-refractivity contribution in [3.05, 3.63) is 56.5 Å². The largest absolute Gasteiger partial charge is 0.508 e. The highest BCUT2D eigenvalue weighted by Gasteiger charge is 2.05. The SMILES string of the molecule is Cc1cc(NCc2ccc(Br)cc2Cl)c(C)cc1O. The molecule has 2 nitrogen and oxygen atoms in total. The first-order chi connectivity index (χ1) is 8.97. The Labute approximate surface area is 126 Å². The third-order valence-electron chi connectivity index (χ3n) is 3.03. The fourth-order valence-electron chi connectivity index (χ4n) is 1.85. The summed E-state index contributed by atoms with van der Waals surface area (Å²) in [4.78, 5) is 0. The van der Waals surface area contributed by atoms with Crippen LogP contribution in [-0.2, 0) is 6.54 Å². The van der Waals surface area contributed by atoms with Crippen LogP contribution in [0, 0.1) is 13.8 Å². The number of hydrogen-bond donors (Lipinski definition) is 2. The fourth-order valence-corrected chi connectivity index (χ4v) is 2.59. The zero-order chi connectivity index (χ0) is 14.0. The molecule has 0 aliphatic carbocycles. The number of phenolic OH excluding ortho intramolecular Hbond substituents is 1. The molecule has 0 aliphatic rings. The van der Waals surface area contributed by atoms with Crippen molar-refractivity contribution in [3.8, 4) is 5.75 Å². The van der Waals surface area contributed by atoms with Crippen LogP contribution in [0.5, 0.6) is 5.75 Å². The quantitative estimate of drug-likeness (QED) is 0.767. The van der Waals surface area contributed by atoms with Crippen molar-refractivity contribution in [3.63, 3.8) is 0 Å². The second kappa shape index (κ2) is 5.85. The van der Waals surface area contributed by atoms with Gasteiger partial charge < -0.3 is 10.4 Å². The fraction of sp³-hybridized carbons (Fsp3) is 0.200. The third kappa shape index (κ3) is 3.43. The Kier molecular flexibility index (Phi) is 4.38. The number of rotatable bonds is 3. The minimum Gasteiger partial charge on any atom is -0.508 e. The van der Waals surface area contributed by atoms with Gasteiger partial charge in [-0.2, -0.15) is 0 Å². The van der Waals surface area contributed by atoms with Gasteiger partial charge in [0.25, 0.3) is 0 Å². The van der Waals surface area contributed by atoms with Crippen LogP contribution >= 0.6 is 27.5 Å². The van der Waals surface area contributed by atoms with E-state index in [-0.39, 0.29) is 0 Å². The van der Waals surface area contributed by atoms with Gasteiger partial charge in [-0.15, -0.1) is 0 Å². The molecule has 19 heavy (non-hydrogen) atoms. The summed E-state index contributed by atoms with van der Waals surface area (Å²) in [6.07, 6.45) is 0. The van der Waals surface area contributed by atoms with Crippen LogP contribution in [0.3, 0.4) is 0 Å². The highest BCUT2D eigenvalue weighted by Crippen LogP contribution is 2.27. The maximum Gasteiger partial charge on any atom is 0.118 e. The van der Waals surface area contributed by atoms with Gasteiger partial charge >= 0.3 is 0 Å². The summed E-state index contributed by atoms with van der Waals surface area (Å²) in [5, 5.41) is 13.7. The van der Waals surface area contributed by atoms with E-state index in [2.05, 4.69) is 21.2 Å². The summed E-state index contributed by atoms with van der Waals surface area (Å²) in [5.74, 6) is 0.324. The minimum absolute atomic E-state index is 0.324. The number of anilines is 1. The molecule has 0 atom stereocenters. The molecule has 0 bridgehead atoms. The highest BCUT2D eigenvalue weighted by molar-refractivity contribution is 9.10. The third-order valence-corrected chi connectivity index (χ3v) is 3.87. The van der Waals surface area contributed by atoms with Gasteiger partial charge in [-0.25, -0.2) is 0 Å². The second-order valence-corrected chi connectivity index (χ2v) is 5.87. The summed E-state index contributed by atoms with van der Waals surface area (Å²) in [6, 6.07) is 9.55. The lowest BCUT2D eigenvalue weighted by molar-refractivity contribution is 0.471. The van der Waals surface area contributed by atoms with Crippen molar-refractivity contribution >= 4 is 33.2 Å². The van der Waals surface area contributed by atoms with Gasteiger partial charge in [0, 0.05) is 21.7 Å². The molecule has 2 rings (SSSR count). The lowest BCUT2D eigenvalue weighted by Gasteiger charge is -2.12. The summed E-state index contributed by atoms with van der Waals surface area (Å²) in [6.45, 7) is 4.49. The van der Waals surface area contributed by atoms with E-state index in [9.17, 15) is 5.11 Å². The van der Waals surface area contributed by atoms with Crippen LogP contribution in [-0.4, -0.2) is 5.11 Å². The van der Waals surface area contributed by atoms with Crippen LogP contribution < -0.4 is 5.32 Å². The van der Waals surface area contributed by atoms with Gasteiger partial charge in [0.1, 0.15) is 5.75 Å². The van der Waals surface area contributed by atoms with E-state index >= 15 is 0 Å². The molecule has 2 aromatic rings. The standard InChI is InChI=1S/C15H15BrClNO/c1-9-6-15(19)10(2)5-14(9)18-8-11-3-4-12(16)7-13(11)17/h3-7,18-19H,8H2,1-2H3. The number of benzene rings is 2. The monoisotopic (exact) mass is 339 g/mol. The van der Waals surface area contributed by atoms with E-state index in [4.69, 9.17) is 11.6 Å². The Bertz CT molecular complexity index is 613. The average molecular weight is 341 g/mol. The maximum atomic E-state index is 9.63. The molecule has 0 heterocycles. The number of phenols is 1. The summed E-state index contributed by atoms with van der Waals surface area (Å²) in [5.41, 5.74) is 3.91. The zero-order valence-corrected chi connectivity index (χ0v) is 13.1. The predicted molar refractivity (Wildman–Crippen MR) is 84.1 cm³/mol. The molecule has 0 aromatic heterocycles. The van der Waals surface area contributed by atoms with Crippen LogP contribution in [0.1, 0.15) is 16.7 Å². The molecule has 0 spiro atoms.